The van der Waals surface area contributed by atoms with Gasteiger partial charge in [-0.3, -0.25) is 9.59 Å². The molecule has 2 aromatic carbocycles. The van der Waals surface area contributed by atoms with E-state index in [9.17, 15) is 24.3 Å². The van der Waals surface area contributed by atoms with Crippen LogP contribution >= 0.6 is 0 Å². The lowest BCUT2D eigenvalue weighted by Crippen LogP contribution is -2.38. The van der Waals surface area contributed by atoms with E-state index in [1.165, 1.54) is 6.07 Å². The third-order valence-corrected chi connectivity index (χ3v) is 6.35. The molecule has 1 aliphatic rings. The molecule has 0 spiro atoms. The van der Waals surface area contributed by atoms with Gasteiger partial charge < -0.3 is 29.6 Å². The number of H-pyrrole nitrogens is 1. The second-order valence-electron chi connectivity index (χ2n) is 8.88. The molecule has 194 valence electrons. The molecule has 0 radical (unpaired) electrons. The third kappa shape index (κ3) is 5.87. The maximum atomic E-state index is 14.6. The number of aromatic amines is 1. The number of amides is 1. The number of aromatic nitrogens is 2. The highest BCUT2D eigenvalue weighted by Gasteiger charge is 2.35. The number of aliphatic hydroxyl groups is 1. The van der Waals surface area contributed by atoms with Crippen LogP contribution < -0.4 is 20.3 Å². The highest BCUT2D eigenvalue weighted by atomic mass is 19.1. The van der Waals surface area contributed by atoms with Crippen LogP contribution in [0.5, 0.6) is 11.5 Å². The topological polar surface area (TPSA) is 147 Å². The number of carbonyl (C=O) groups excluding carboxylic acids is 1. The maximum absolute atomic E-state index is 14.6. The van der Waals surface area contributed by atoms with Gasteiger partial charge in [0.05, 0.1) is 44.6 Å². The van der Waals surface area contributed by atoms with Crippen LogP contribution in [0, 0.1) is 22.6 Å². The zero-order valence-electron chi connectivity index (χ0n) is 20.3. The molecule has 1 aliphatic heterocycles. The van der Waals surface area contributed by atoms with Gasteiger partial charge in [0.1, 0.15) is 16.6 Å². The van der Waals surface area contributed by atoms with E-state index in [0.29, 0.717) is 25.0 Å². The number of benzene rings is 2. The van der Waals surface area contributed by atoms with Crippen LogP contribution in [0.3, 0.4) is 0 Å². The van der Waals surface area contributed by atoms with E-state index in [0.717, 1.165) is 11.6 Å². The highest BCUT2D eigenvalue weighted by Crippen LogP contribution is 2.32. The van der Waals surface area contributed by atoms with Crippen molar-refractivity contribution in [3.8, 4) is 17.6 Å². The largest absolute Gasteiger partial charge is 0.497 e. The number of methoxy groups -OCH3 is 1. The van der Waals surface area contributed by atoms with E-state index in [4.69, 9.17) is 14.2 Å². The first-order chi connectivity index (χ1) is 17.9. The molecule has 1 amide bonds. The van der Waals surface area contributed by atoms with Gasteiger partial charge in [-0.25, -0.2) is 9.37 Å². The van der Waals surface area contributed by atoms with Crippen molar-refractivity contribution in [2.45, 2.75) is 31.9 Å². The monoisotopic (exact) mass is 510 g/mol. The zero-order chi connectivity index (χ0) is 26.4. The minimum absolute atomic E-state index is 0.0571. The molecule has 11 heteroatoms. The van der Waals surface area contributed by atoms with Crippen LogP contribution in [-0.4, -0.2) is 54.0 Å². The number of nitriles is 1. The Balaban J connectivity index is 1.43. The van der Waals surface area contributed by atoms with Crippen molar-refractivity contribution in [1.82, 2.24) is 15.3 Å². The molecule has 2 unspecified atom stereocenters. The van der Waals surface area contributed by atoms with Gasteiger partial charge >= 0.3 is 0 Å². The van der Waals surface area contributed by atoms with Gasteiger partial charge in [-0.05, 0) is 42.7 Å². The lowest BCUT2D eigenvalue weighted by atomic mass is 9.83. The summed E-state index contributed by atoms with van der Waals surface area (Å²) in [6.07, 6.45) is 1.21. The fraction of sp³-hybridized carbons (Fsp3) is 0.385. The Morgan fingerprint density at radius 1 is 1.41 bits per heavy atom. The zero-order valence-corrected chi connectivity index (χ0v) is 20.3. The lowest BCUT2D eigenvalue weighted by molar-refractivity contribution is -0.0643. The first-order valence-electron chi connectivity index (χ1n) is 11.8. The van der Waals surface area contributed by atoms with Crippen LogP contribution in [0.4, 0.5) is 4.39 Å². The van der Waals surface area contributed by atoms with Crippen LogP contribution in [-0.2, 0) is 11.3 Å². The molecule has 2 heterocycles. The molecule has 2 atom stereocenters. The lowest BCUT2D eigenvalue weighted by Gasteiger charge is -2.33. The summed E-state index contributed by atoms with van der Waals surface area (Å²) in [6, 6.07) is 11.7. The molecule has 3 N–H and O–H groups in total. The molecule has 4 rings (SSSR count). The Labute approximate surface area is 212 Å². The Bertz CT molecular complexity index is 1380. The van der Waals surface area contributed by atoms with Crippen LogP contribution in [0.1, 0.15) is 35.4 Å². The average Bonchev–Trinajstić information content (AvgIpc) is 2.93. The van der Waals surface area contributed by atoms with Crippen molar-refractivity contribution in [3.63, 3.8) is 0 Å². The van der Waals surface area contributed by atoms with Gasteiger partial charge in [-0.1, -0.05) is 12.1 Å². The fourth-order valence-electron chi connectivity index (χ4n) is 4.11. The summed E-state index contributed by atoms with van der Waals surface area (Å²) < 4.78 is 31.1. The van der Waals surface area contributed by atoms with E-state index in [-0.39, 0.29) is 54.9 Å². The normalized spacial score (nSPS) is 19.2. The van der Waals surface area contributed by atoms with Crippen LogP contribution in [0.15, 0.2) is 41.2 Å². The predicted octanol–water partition coefficient (Wildman–Crippen LogP) is 2.45. The van der Waals surface area contributed by atoms with Crippen molar-refractivity contribution < 1.29 is 28.5 Å². The van der Waals surface area contributed by atoms with Crippen molar-refractivity contribution in [1.29, 1.82) is 5.26 Å². The fourth-order valence-corrected chi connectivity index (χ4v) is 4.11. The molecular weight excluding hydrogens is 483 g/mol. The molecule has 0 saturated carbocycles. The molecule has 10 nitrogen and oxygen atoms in total. The molecule has 1 fully saturated rings. The molecule has 1 saturated heterocycles. The predicted molar refractivity (Wildman–Crippen MR) is 131 cm³/mol. The molecule has 1 aromatic heterocycles. The number of halogens is 1. The third-order valence-electron chi connectivity index (χ3n) is 6.35. The first-order valence-corrected chi connectivity index (χ1v) is 11.8. The summed E-state index contributed by atoms with van der Waals surface area (Å²) in [7, 11) is 1.55. The van der Waals surface area contributed by atoms with Gasteiger partial charge in [0, 0.05) is 13.0 Å². The number of ether oxygens (including phenoxy) is 3. The number of carbonyl (C=O) groups is 1. The first kappa shape index (κ1) is 26.1. The minimum atomic E-state index is -0.893. The summed E-state index contributed by atoms with van der Waals surface area (Å²) in [4.78, 5) is 32.1. The summed E-state index contributed by atoms with van der Waals surface area (Å²) >= 11 is 0. The standard InChI is InChI=1S/C26H27FN4O6/c1-35-18-4-2-3-16(11-18)12-29-25(34)23-30-20-6-5-19(27)22(21(20)24(33)31-23)36-10-8-17-7-9-26(13-28,14-32)15-37-17/h2-6,11,17,32H,7-10,12,14-15H2,1H3,(H,29,34)(H,30,31,33). The van der Waals surface area contributed by atoms with Crippen molar-refractivity contribution in [2.24, 2.45) is 5.41 Å². The summed E-state index contributed by atoms with van der Waals surface area (Å²) in [5, 5.41) is 21.3. The second kappa shape index (κ2) is 11.4. The van der Waals surface area contributed by atoms with Crippen molar-refractivity contribution >= 4 is 16.8 Å². The number of rotatable bonds is 9. The Morgan fingerprint density at radius 3 is 2.95 bits per heavy atom. The highest BCUT2D eigenvalue weighted by molar-refractivity contribution is 5.93. The summed E-state index contributed by atoms with van der Waals surface area (Å²) in [6.45, 7) is 0.0818. The SMILES string of the molecule is COc1cccc(CNC(=O)c2nc3ccc(F)c(OCCC4CCC(C#N)(CO)CO4)c3c(=O)[nH]2)c1. The second-order valence-corrected chi connectivity index (χ2v) is 8.88. The van der Waals surface area contributed by atoms with E-state index >= 15 is 0 Å². The van der Waals surface area contributed by atoms with E-state index in [1.807, 2.05) is 6.07 Å². The van der Waals surface area contributed by atoms with E-state index in [2.05, 4.69) is 21.4 Å². The molecular formula is C26H27FN4O6. The number of fused-ring (bicyclic) bond motifs is 1. The number of nitrogens with zero attached hydrogens (tertiary/aromatic N) is 2. The molecule has 0 aliphatic carbocycles. The smallest absolute Gasteiger partial charge is 0.287 e. The number of hydrogen-bond donors (Lipinski definition) is 3. The Hall–Kier alpha value is -4.01. The van der Waals surface area contributed by atoms with Gasteiger partial charge in [-0.15, -0.1) is 0 Å². The summed E-state index contributed by atoms with van der Waals surface area (Å²) in [5.41, 5.74) is -0.690. The van der Waals surface area contributed by atoms with Gasteiger partial charge in [-0.2, -0.15) is 5.26 Å². The Morgan fingerprint density at radius 2 is 2.24 bits per heavy atom. The number of hydrogen-bond acceptors (Lipinski definition) is 8. The van der Waals surface area contributed by atoms with Crippen LogP contribution in [0.25, 0.3) is 10.9 Å². The minimum Gasteiger partial charge on any atom is -0.497 e. The number of nitrogens with one attached hydrogen (secondary N) is 2. The molecule has 37 heavy (non-hydrogen) atoms. The van der Waals surface area contributed by atoms with Gasteiger partial charge in [0.2, 0.25) is 0 Å². The van der Waals surface area contributed by atoms with Gasteiger partial charge in [0.15, 0.2) is 17.4 Å². The van der Waals surface area contributed by atoms with Crippen LogP contribution in [0.2, 0.25) is 0 Å². The maximum Gasteiger partial charge on any atom is 0.287 e. The molecule has 0 bridgehead atoms. The van der Waals surface area contributed by atoms with E-state index < -0.39 is 22.7 Å². The van der Waals surface area contributed by atoms with Crippen molar-refractivity contribution in [3.05, 3.63) is 64.0 Å². The number of aliphatic hydroxyl groups excluding tert-OH is 1. The summed E-state index contributed by atoms with van der Waals surface area (Å²) in [5.74, 6) is -1.15. The van der Waals surface area contributed by atoms with E-state index in [1.54, 1.807) is 25.3 Å². The average molecular weight is 511 g/mol. The van der Waals surface area contributed by atoms with Crippen molar-refractivity contribution in [2.75, 3.05) is 26.9 Å². The molecule has 3 aromatic rings. The Kier molecular flexibility index (Phi) is 8.01. The quantitative estimate of drug-likeness (QED) is 0.398. The van der Waals surface area contributed by atoms with Gasteiger partial charge in [0.25, 0.3) is 11.5 Å².